The van der Waals surface area contributed by atoms with E-state index in [4.69, 9.17) is 10.5 Å². The van der Waals surface area contributed by atoms with Gasteiger partial charge in [-0.2, -0.15) is 4.98 Å². The largest absolute Gasteiger partial charge is 0.376 e. The van der Waals surface area contributed by atoms with Crippen LogP contribution in [0.3, 0.4) is 0 Å². The number of nitrogen functional groups attached to an aromatic ring is 1. The van der Waals surface area contributed by atoms with E-state index in [1.807, 2.05) is 6.07 Å². The summed E-state index contributed by atoms with van der Waals surface area (Å²) in [7, 11) is 0. The summed E-state index contributed by atoms with van der Waals surface area (Å²) < 4.78 is 6.75. The molecule has 1 aromatic carbocycles. The van der Waals surface area contributed by atoms with Crippen molar-refractivity contribution >= 4 is 27.7 Å². The average Bonchev–Trinajstić information content (AvgIpc) is 2.61. The Balaban J connectivity index is 1.65. The van der Waals surface area contributed by atoms with Crippen molar-refractivity contribution in [2.75, 3.05) is 36.9 Å². The molecule has 0 saturated carbocycles. The summed E-state index contributed by atoms with van der Waals surface area (Å²) in [4.78, 5) is 11.2. The molecule has 2 aliphatic heterocycles. The standard InChI is InChI=1S/C17H20BrN5O/c18-13-4-2-1-3-11(13)15-9-23(7-6-20-15)16-12-10-24-8-5-14(12)21-17(19)22-16/h1-4,15,20H,5-10H2,(H2,19,21,22). The lowest BCUT2D eigenvalue weighted by Gasteiger charge is -2.36. The molecule has 4 rings (SSSR count). The normalized spacial score (nSPS) is 20.7. The zero-order valence-electron chi connectivity index (χ0n) is 13.3. The number of hydrogen-bond acceptors (Lipinski definition) is 6. The van der Waals surface area contributed by atoms with Gasteiger partial charge in [-0.05, 0) is 11.6 Å². The van der Waals surface area contributed by atoms with Crippen LogP contribution >= 0.6 is 15.9 Å². The van der Waals surface area contributed by atoms with Crippen molar-refractivity contribution in [1.82, 2.24) is 15.3 Å². The van der Waals surface area contributed by atoms with Gasteiger partial charge in [0.2, 0.25) is 5.95 Å². The summed E-state index contributed by atoms with van der Waals surface area (Å²) in [5, 5.41) is 3.59. The fourth-order valence-electron chi connectivity index (χ4n) is 3.40. The van der Waals surface area contributed by atoms with E-state index in [1.54, 1.807) is 0 Å². The van der Waals surface area contributed by atoms with Crippen molar-refractivity contribution in [3.8, 4) is 0 Å². The van der Waals surface area contributed by atoms with Crippen molar-refractivity contribution in [2.45, 2.75) is 19.1 Å². The number of rotatable bonds is 2. The van der Waals surface area contributed by atoms with E-state index < -0.39 is 0 Å². The number of halogens is 1. The second-order valence-corrected chi connectivity index (χ2v) is 6.96. The molecule has 6 nitrogen and oxygen atoms in total. The Hall–Kier alpha value is -1.70. The predicted molar refractivity (Wildman–Crippen MR) is 96.9 cm³/mol. The number of benzene rings is 1. The van der Waals surface area contributed by atoms with Crippen LogP contribution in [0.15, 0.2) is 28.7 Å². The van der Waals surface area contributed by atoms with Crippen molar-refractivity contribution in [3.63, 3.8) is 0 Å². The molecule has 0 radical (unpaired) electrons. The monoisotopic (exact) mass is 389 g/mol. The van der Waals surface area contributed by atoms with Crippen LogP contribution in [-0.4, -0.2) is 36.2 Å². The number of piperazine rings is 1. The van der Waals surface area contributed by atoms with Crippen LogP contribution in [0.4, 0.5) is 11.8 Å². The van der Waals surface area contributed by atoms with Crippen LogP contribution in [0.1, 0.15) is 22.9 Å². The molecule has 1 unspecified atom stereocenters. The second-order valence-electron chi connectivity index (χ2n) is 6.11. The average molecular weight is 390 g/mol. The molecule has 0 amide bonds. The topological polar surface area (TPSA) is 76.3 Å². The molecule has 0 spiro atoms. The third-order valence-corrected chi connectivity index (χ3v) is 5.30. The van der Waals surface area contributed by atoms with Crippen LogP contribution < -0.4 is 16.0 Å². The van der Waals surface area contributed by atoms with Gasteiger partial charge >= 0.3 is 0 Å². The minimum Gasteiger partial charge on any atom is -0.376 e. The highest BCUT2D eigenvalue weighted by Gasteiger charge is 2.27. The molecule has 126 valence electrons. The van der Waals surface area contributed by atoms with E-state index in [2.05, 4.69) is 54.3 Å². The van der Waals surface area contributed by atoms with Crippen molar-refractivity contribution in [2.24, 2.45) is 0 Å². The lowest BCUT2D eigenvalue weighted by Crippen LogP contribution is -2.47. The first kappa shape index (κ1) is 15.8. The Morgan fingerprint density at radius 2 is 2.17 bits per heavy atom. The van der Waals surface area contributed by atoms with Crippen molar-refractivity contribution in [3.05, 3.63) is 45.6 Å². The van der Waals surface area contributed by atoms with E-state index in [-0.39, 0.29) is 6.04 Å². The number of anilines is 2. The van der Waals surface area contributed by atoms with Gasteiger partial charge in [0, 0.05) is 36.1 Å². The zero-order chi connectivity index (χ0) is 16.5. The highest BCUT2D eigenvalue weighted by molar-refractivity contribution is 9.10. The maximum absolute atomic E-state index is 5.95. The molecular weight excluding hydrogens is 370 g/mol. The summed E-state index contributed by atoms with van der Waals surface area (Å²) in [6.45, 7) is 3.89. The van der Waals surface area contributed by atoms with Gasteiger partial charge in [-0.15, -0.1) is 0 Å². The molecule has 3 heterocycles. The number of hydrogen-bond donors (Lipinski definition) is 2. The lowest BCUT2D eigenvalue weighted by atomic mass is 10.0. The van der Waals surface area contributed by atoms with Crippen LogP contribution in [0.2, 0.25) is 0 Å². The fraction of sp³-hybridized carbons (Fsp3) is 0.412. The second kappa shape index (κ2) is 6.66. The molecule has 1 saturated heterocycles. The molecule has 7 heteroatoms. The van der Waals surface area contributed by atoms with Crippen LogP contribution in [-0.2, 0) is 17.8 Å². The van der Waals surface area contributed by atoms with Gasteiger partial charge in [0.15, 0.2) is 0 Å². The first-order valence-corrected chi connectivity index (χ1v) is 8.97. The van der Waals surface area contributed by atoms with Gasteiger partial charge in [-0.25, -0.2) is 4.98 Å². The highest BCUT2D eigenvalue weighted by atomic mass is 79.9. The zero-order valence-corrected chi connectivity index (χ0v) is 14.9. The Bertz CT molecular complexity index is 754. The smallest absolute Gasteiger partial charge is 0.222 e. The van der Waals surface area contributed by atoms with Gasteiger partial charge in [0.05, 0.1) is 24.9 Å². The van der Waals surface area contributed by atoms with Crippen LogP contribution in [0, 0.1) is 0 Å². The number of nitrogens with zero attached hydrogens (tertiary/aromatic N) is 3. The summed E-state index contributed by atoms with van der Waals surface area (Å²) >= 11 is 3.66. The third kappa shape index (κ3) is 2.99. The third-order valence-electron chi connectivity index (χ3n) is 4.57. The first-order chi connectivity index (χ1) is 11.7. The Morgan fingerprint density at radius 3 is 3.04 bits per heavy atom. The van der Waals surface area contributed by atoms with E-state index in [1.165, 1.54) is 5.56 Å². The van der Waals surface area contributed by atoms with Gasteiger partial charge in [0.1, 0.15) is 5.82 Å². The number of fused-ring (bicyclic) bond motifs is 1. The van der Waals surface area contributed by atoms with Crippen LogP contribution in [0.5, 0.6) is 0 Å². The van der Waals surface area contributed by atoms with Gasteiger partial charge in [0.25, 0.3) is 0 Å². The van der Waals surface area contributed by atoms with Gasteiger partial charge in [-0.3, -0.25) is 0 Å². The summed E-state index contributed by atoms with van der Waals surface area (Å²) in [5.41, 5.74) is 9.32. The molecule has 24 heavy (non-hydrogen) atoms. The number of aromatic nitrogens is 2. The molecule has 0 aliphatic carbocycles. The minimum absolute atomic E-state index is 0.241. The molecule has 2 aliphatic rings. The predicted octanol–water partition coefficient (Wildman–Crippen LogP) is 2.04. The molecule has 2 aromatic rings. The number of ether oxygens (including phenoxy) is 1. The Morgan fingerprint density at radius 1 is 1.29 bits per heavy atom. The number of nitrogens with two attached hydrogens (primary N) is 1. The molecule has 0 bridgehead atoms. The summed E-state index contributed by atoms with van der Waals surface area (Å²) in [6.07, 6.45) is 0.800. The van der Waals surface area contributed by atoms with E-state index in [0.717, 1.165) is 47.6 Å². The maximum Gasteiger partial charge on any atom is 0.222 e. The maximum atomic E-state index is 5.95. The molecule has 1 fully saturated rings. The van der Waals surface area contributed by atoms with E-state index in [9.17, 15) is 0 Å². The summed E-state index contributed by atoms with van der Waals surface area (Å²) in [6, 6.07) is 8.57. The summed E-state index contributed by atoms with van der Waals surface area (Å²) in [5.74, 6) is 1.28. The van der Waals surface area contributed by atoms with E-state index >= 15 is 0 Å². The molecular formula is C17H20BrN5O. The SMILES string of the molecule is Nc1nc2c(c(N3CCNC(c4ccccc4Br)C3)n1)COCC2. The highest BCUT2D eigenvalue weighted by Crippen LogP contribution is 2.30. The fourth-order valence-corrected chi connectivity index (χ4v) is 3.96. The molecule has 3 N–H and O–H groups in total. The van der Waals surface area contributed by atoms with Crippen LogP contribution in [0.25, 0.3) is 0 Å². The van der Waals surface area contributed by atoms with Gasteiger partial charge < -0.3 is 20.7 Å². The Labute approximate surface area is 149 Å². The quantitative estimate of drug-likeness (QED) is 0.818. The number of nitrogens with one attached hydrogen (secondary N) is 1. The van der Waals surface area contributed by atoms with Crippen molar-refractivity contribution in [1.29, 1.82) is 0 Å². The Kier molecular flexibility index (Phi) is 4.39. The van der Waals surface area contributed by atoms with E-state index in [0.29, 0.717) is 19.2 Å². The molecule has 1 atom stereocenters. The van der Waals surface area contributed by atoms with Gasteiger partial charge in [-0.1, -0.05) is 34.1 Å². The van der Waals surface area contributed by atoms with Crippen molar-refractivity contribution < 1.29 is 4.74 Å². The molecule has 1 aromatic heterocycles. The lowest BCUT2D eigenvalue weighted by molar-refractivity contribution is 0.109. The minimum atomic E-state index is 0.241. The first-order valence-electron chi connectivity index (χ1n) is 8.18.